The molecular formula is C40H50F6N14O6. The Labute approximate surface area is 373 Å². The van der Waals surface area contributed by atoms with Gasteiger partial charge < -0.3 is 43.0 Å². The summed E-state index contributed by atoms with van der Waals surface area (Å²) < 4.78 is 98.5. The number of aromatic nitrogens is 2. The van der Waals surface area contributed by atoms with Crippen LogP contribution in [0.1, 0.15) is 97.3 Å². The first-order valence-corrected chi connectivity index (χ1v) is 20.6. The number of nitrogens with two attached hydrogens (primary N) is 4. The van der Waals surface area contributed by atoms with Crippen molar-refractivity contribution in [3.8, 4) is 11.5 Å². The number of ether oxygens (including phenoxy) is 2. The lowest BCUT2D eigenvalue weighted by Crippen LogP contribution is -2.46. The quantitative estimate of drug-likeness (QED) is 0.0492. The molecule has 3 heterocycles. The number of nitrogens with one attached hydrogen (secondary N) is 4. The van der Waals surface area contributed by atoms with E-state index in [-0.39, 0.29) is 93.8 Å². The molecule has 2 aliphatic heterocycles. The predicted octanol–water partition coefficient (Wildman–Crippen LogP) is 3.92. The smallest absolute Gasteiger partial charge is 0.416 e. The summed E-state index contributed by atoms with van der Waals surface area (Å²) in [7, 11) is 0. The molecule has 26 heteroatoms. The van der Waals surface area contributed by atoms with Gasteiger partial charge in [-0.15, -0.1) is 0 Å². The maximum atomic E-state index is 14.4. The number of guanidine groups is 2. The van der Waals surface area contributed by atoms with Crippen molar-refractivity contribution in [3.05, 3.63) is 59.2 Å². The number of hydrazine groups is 2. The molecule has 0 saturated heterocycles. The molecule has 2 aliphatic rings. The molecule has 358 valence electrons. The van der Waals surface area contributed by atoms with E-state index in [4.69, 9.17) is 32.4 Å². The first kappa shape index (κ1) is 50.0. The molecule has 0 bridgehead atoms. The standard InChI is InChI=1S/C40H50F6N14O6/c1-21-9-13-55-59(32(62)8-4-6-12-52-38(49)50)29-17-24(40(44,45)46)16-26(34(29)66-21)58-35(63)27-19-28(54-20-53-27)36(64)60-30-18-23(39(41,42)43)15-25(33(30)65-22(2)10-14-56-60)57-31(61)7-3-5-11-51-37(47)48/h15-22,55-56H,3-14H2,1-2H3,(H,57,61)(H,58,63)(H4,47,48,51)(H4,49,50,52)/t21-,22-/m0/s1. The first-order valence-electron chi connectivity index (χ1n) is 20.6. The fraction of sp³-hybridized carbons (Fsp3) is 0.450. The van der Waals surface area contributed by atoms with Crippen molar-refractivity contribution in [2.24, 2.45) is 32.9 Å². The van der Waals surface area contributed by atoms with Crippen LogP contribution in [0.15, 0.2) is 46.6 Å². The molecule has 20 nitrogen and oxygen atoms in total. The second kappa shape index (κ2) is 21.8. The number of hydrogen-bond donors (Lipinski definition) is 8. The number of alkyl halides is 6. The maximum absolute atomic E-state index is 14.4. The van der Waals surface area contributed by atoms with Gasteiger partial charge in [0.05, 0.1) is 34.7 Å². The Hall–Kier alpha value is -6.96. The van der Waals surface area contributed by atoms with E-state index in [9.17, 15) is 45.5 Å². The molecule has 1 aromatic heterocycles. The zero-order chi connectivity index (χ0) is 48.3. The Bertz CT molecular complexity index is 2320. The molecule has 4 amide bonds. The topological polar surface area (TPSA) is 296 Å². The summed E-state index contributed by atoms with van der Waals surface area (Å²) in [4.78, 5) is 70.2. The van der Waals surface area contributed by atoms with E-state index in [1.807, 2.05) is 0 Å². The van der Waals surface area contributed by atoms with Crippen molar-refractivity contribution in [2.45, 2.75) is 89.8 Å². The van der Waals surface area contributed by atoms with Crippen LogP contribution in [0.25, 0.3) is 0 Å². The van der Waals surface area contributed by atoms with E-state index in [1.165, 1.54) is 0 Å². The number of carbonyl (C=O) groups excluding carboxylic acids is 4. The minimum Gasteiger partial charge on any atom is -0.486 e. The molecule has 5 rings (SSSR count). The zero-order valence-corrected chi connectivity index (χ0v) is 35.8. The Kier molecular flexibility index (Phi) is 16.5. The second-order valence-corrected chi connectivity index (χ2v) is 15.2. The minimum absolute atomic E-state index is 0.00999. The highest BCUT2D eigenvalue weighted by Gasteiger charge is 2.38. The molecule has 2 aromatic carbocycles. The Morgan fingerprint density at radius 3 is 1.71 bits per heavy atom. The second-order valence-electron chi connectivity index (χ2n) is 15.2. The molecule has 2 atom stereocenters. The van der Waals surface area contributed by atoms with Crippen LogP contribution in [0.4, 0.5) is 49.1 Å². The number of nitrogens with zero attached hydrogens (tertiary/aromatic N) is 6. The lowest BCUT2D eigenvalue weighted by Gasteiger charge is -2.32. The largest absolute Gasteiger partial charge is 0.486 e. The zero-order valence-electron chi connectivity index (χ0n) is 35.8. The summed E-state index contributed by atoms with van der Waals surface area (Å²) >= 11 is 0. The Morgan fingerprint density at radius 1 is 0.697 bits per heavy atom. The van der Waals surface area contributed by atoms with Gasteiger partial charge in [-0.25, -0.2) is 30.8 Å². The van der Waals surface area contributed by atoms with Crippen LogP contribution in [-0.4, -0.2) is 83.9 Å². The number of hydrogen-bond acceptors (Lipinski definition) is 12. The number of benzene rings is 2. The highest BCUT2D eigenvalue weighted by atomic mass is 19.4. The molecular weight excluding hydrogens is 887 g/mol. The molecule has 0 radical (unpaired) electrons. The van der Waals surface area contributed by atoms with Gasteiger partial charge >= 0.3 is 12.4 Å². The highest BCUT2D eigenvalue weighted by Crippen LogP contribution is 2.45. The monoisotopic (exact) mass is 936 g/mol. The average molecular weight is 937 g/mol. The number of unbranched alkanes of at least 4 members (excludes halogenated alkanes) is 2. The van der Waals surface area contributed by atoms with Crippen LogP contribution in [0.5, 0.6) is 11.5 Å². The van der Waals surface area contributed by atoms with Crippen molar-refractivity contribution in [2.75, 3.05) is 46.8 Å². The van der Waals surface area contributed by atoms with Crippen LogP contribution >= 0.6 is 0 Å². The lowest BCUT2D eigenvalue weighted by molar-refractivity contribution is -0.138. The normalized spacial score (nSPS) is 16.4. The van der Waals surface area contributed by atoms with Gasteiger partial charge in [0.2, 0.25) is 11.8 Å². The number of rotatable bonds is 14. The van der Waals surface area contributed by atoms with E-state index in [0.717, 1.165) is 22.4 Å². The van der Waals surface area contributed by atoms with Gasteiger partial charge in [-0.3, -0.25) is 29.2 Å². The number of halogens is 6. The summed E-state index contributed by atoms with van der Waals surface area (Å²) in [5.74, 6) is -4.42. The number of anilines is 4. The highest BCUT2D eigenvalue weighted by molar-refractivity contribution is 6.09. The van der Waals surface area contributed by atoms with Crippen LogP contribution < -0.4 is 63.9 Å². The minimum atomic E-state index is -4.98. The number of aliphatic imine (C=N–C) groups is 2. The third-order valence-electron chi connectivity index (χ3n) is 9.85. The third-order valence-corrected chi connectivity index (χ3v) is 9.85. The van der Waals surface area contributed by atoms with E-state index < -0.39 is 87.8 Å². The molecule has 12 N–H and O–H groups in total. The van der Waals surface area contributed by atoms with E-state index >= 15 is 0 Å². The van der Waals surface area contributed by atoms with Crippen LogP contribution in [0, 0.1) is 0 Å². The fourth-order valence-electron chi connectivity index (χ4n) is 6.60. The van der Waals surface area contributed by atoms with E-state index in [2.05, 4.69) is 41.4 Å². The van der Waals surface area contributed by atoms with Gasteiger partial charge in [-0.1, -0.05) is 0 Å². The predicted molar refractivity (Wildman–Crippen MR) is 230 cm³/mol. The first-order chi connectivity index (χ1) is 31.1. The molecule has 0 fully saturated rings. The fourth-order valence-corrected chi connectivity index (χ4v) is 6.60. The van der Waals surface area contributed by atoms with Gasteiger partial charge in [0, 0.05) is 45.1 Å². The summed E-state index contributed by atoms with van der Waals surface area (Å²) in [5, 5.41) is 6.45. The van der Waals surface area contributed by atoms with Crippen LogP contribution in [0.3, 0.4) is 0 Å². The van der Waals surface area contributed by atoms with Crippen LogP contribution in [0.2, 0.25) is 0 Å². The summed E-state index contributed by atoms with van der Waals surface area (Å²) in [6, 6.07) is 3.49. The van der Waals surface area contributed by atoms with Crippen molar-refractivity contribution in [3.63, 3.8) is 0 Å². The van der Waals surface area contributed by atoms with Gasteiger partial charge in [0.15, 0.2) is 23.4 Å². The molecule has 0 aliphatic carbocycles. The number of fused-ring (bicyclic) bond motifs is 2. The summed E-state index contributed by atoms with van der Waals surface area (Å²) in [6.45, 7) is 3.82. The van der Waals surface area contributed by atoms with E-state index in [0.29, 0.717) is 37.1 Å². The number of carbonyl (C=O) groups is 4. The molecule has 66 heavy (non-hydrogen) atoms. The SMILES string of the molecule is C[C@H]1CCNN(C(=O)CCCCN=C(N)N)c2cc(C(F)(F)F)cc(NC(=O)c3cc(C(=O)N4NCC[C@H](C)Oc5c(NC(=O)CCCCN=C(N)N)cc(C(F)(F)F)cc54)ncn3)c2O1. The van der Waals surface area contributed by atoms with Crippen molar-refractivity contribution in [1.29, 1.82) is 0 Å². The molecule has 0 unspecified atom stereocenters. The Morgan fingerprint density at radius 2 is 1.18 bits per heavy atom. The summed E-state index contributed by atoms with van der Waals surface area (Å²) in [6.07, 6.45) is -8.84. The molecule has 0 spiro atoms. The molecule has 3 aromatic rings. The molecule has 0 saturated carbocycles. The van der Waals surface area contributed by atoms with Crippen molar-refractivity contribution < 1.29 is 55.0 Å². The third kappa shape index (κ3) is 13.5. The van der Waals surface area contributed by atoms with Gasteiger partial charge in [0.1, 0.15) is 29.1 Å². The van der Waals surface area contributed by atoms with Gasteiger partial charge in [-0.2, -0.15) is 26.3 Å². The Balaban J connectivity index is 1.48. The average Bonchev–Trinajstić information content (AvgIpc) is 3.22. The lowest BCUT2D eigenvalue weighted by atomic mass is 10.1. The maximum Gasteiger partial charge on any atom is 0.416 e. The van der Waals surface area contributed by atoms with Crippen molar-refractivity contribution >= 4 is 58.3 Å². The van der Waals surface area contributed by atoms with Crippen molar-refractivity contribution in [1.82, 2.24) is 20.8 Å². The van der Waals surface area contributed by atoms with E-state index in [1.54, 1.807) is 13.8 Å². The van der Waals surface area contributed by atoms with Gasteiger partial charge in [-0.05, 0) is 76.6 Å². The number of amides is 4. The van der Waals surface area contributed by atoms with Crippen LogP contribution in [-0.2, 0) is 21.9 Å². The van der Waals surface area contributed by atoms with Gasteiger partial charge in [0.25, 0.3) is 11.8 Å². The summed E-state index contributed by atoms with van der Waals surface area (Å²) in [5.41, 5.74) is 21.6.